The summed E-state index contributed by atoms with van der Waals surface area (Å²) in [6.45, 7) is 5.45. The van der Waals surface area contributed by atoms with E-state index in [1.165, 1.54) is 0 Å². The van der Waals surface area contributed by atoms with E-state index in [1.54, 1.807) is 23.1 Å². The second kappa shape index (κ2) is 7.84. The molecule has 2 amide bonds. The largest absolute Gasteiger partial charge is 0.484 e. The molecule has 6 nitrogen and oxygen atoms in total. The highest BCUT2D eigenvalue weighted by Crippen LogP contribution is 2.36. The summed E-state index contributed by atoms with van der Waals surface area (Å²) in [5, 5.41) is 3.39. The van der Waals surface area contributed by atoms with Crippen LogP contribution in [0.2, 0.25) is 5.02 Å². The number of hydrogen-bond donors (Lipinski definition) is 1. The zero-order valence-corrected chi connectivity index (χ0v) is 16.0. The smallest absolute Gasteiger partial charge is 0.258 e. The van der Waals surface area contributed by atoms with E-state index in [9.17, 15) is 9.59 Å². The van der Waals surface area contributed by atoms with Gasteiger partial charge in [-0.15, -0.1) is 0 Å². The van der Waals surface area contributed by atoms with Crippen LogP contribution in [-0.2, 0) is 9.53 Å². The molecule has 7 heteroatoms. The van der Waals surface area contributed by atoms with E-state index in [1.807, 2.05) is 13.8 Å². The zero-order valence-electron chi connectivity index (χ0n) is 15.2. The van der Waals surface area contributed by atoms with Gasteiger partial charge >= 0.3 is 0 Å². The molecule has 1 saturated heterocycles. The number of rotatable bonds is 4. The molecule has 1 atom stereocenters. The molecule has 1 fully saturated rings. The monoisotopic (exact) mass is 380 g/mol. The summed E-state index contributed by atoms with van der Waals surface area (Å²) in [4.78, 5) is 27.0. The van der Waals surface area contributed by atoms with Gasteiger partial charge in [-0.25, -0.2) is 0 Å². The lowest BCUT2D eigenvalue weighted by Gasteiger charge is -2.38. The summed E-state index contributed by atoms with van der Waals surface area (Å²) in [6.07, 6.45) is 2.18. The summed E-state index contributed by atoms with van der Waals surface area (Å²) in [5.41, 5.74) is -0.138. The van der Waals surface area contributed by atoms with E-state index < -0.39 is 5.60 Å². The fourth-order valence-electron chi connectivity index (χ4n) is 3.34. The Labute approximate surface area is 158 Å². The number of nitrogens with one attached hydrogen (secondary N) is 1. The molecule has 1 spiro atoms. The first-order valence-electron chi connectivity index (χ1n) is 9.07. The van der Waals surface area contributed by atoms with Gasteiger partial charge in [0.1, 0.15) is 17.9 Å². The van der Waals surface area contributed by atoms with E-state index in [-0.39, 0.29) is 24.4 Å². The van der Waals surface area contributed by atoms with Crippen molar-refractivity contribution in [2.75, 3.05) is 26.3 Å². The van der Waals surface area contributed by atoms with Gasteiger partial charge in [-0.1, -0.05) is 18.5 Å². The molecule has 3 rings (SSSR count). The van der Waals surface area contributed by atoms with E-state index in [4.69, 9.17) is 21.1 Å². The first-order valence-corrected chi connectivity index (χ1v) is 9.45. The quantitative estimate of drug-likeness (QED) is 0.871. The molecule has 1 N–H and O–H groups in total. The fourth-order valence-corrected chi connectivity index (χ4v) is 3.51. The van der Waals surface area contributed by atoms with Gasteiger partial charge in [0.05, 0.1) is 25.3 Å². The molecule has 2 heterocycles. The second-order valence-corrected chi connectivity index (χ2v) is 7.51. The number of fused-ring (bicyclic) bond motifs is 1. The van der Waals surface area contributed by atoms with Crippen LogP contribution < -0.4 is 10.1 Å². The Bertz CT molecular complexity index is 688. The summed E-state index contributed by atoms with van der Waals surface area (Å²) in [6, 6.07) is 5.12. The molecular weight excluding hydrogens is 356 g/mol. The van der Waals surface area contributed by atoms with Gasteiger partial charge < -0.3 is 19.7 Å². The third kappa shape index (κ3) is 4.13. The number of nitrogens with zero attached hydrogens (tertiary/aromatic N) is 1. The number of benzene rings is 1. The van der Waals surface area contributed by atoms with Crippen LogP contribution in [0.3, 0.4) is 0 Å². The van der Waals surface area contributed by atoms with E-state index >= 15 is 0 Å². The average molecular weight is 381 g/mol. The lowest BCUT2D eigenvalue weighted by atomic mass is 9.93. The second-order valence-electron chi connectivity index (χ2n) is 7.08. The average Bonchev–Trinajstić information content (AvgIpc) is 2.71. The SMILES string of the molecule is CCC(C)NC(=O)CN1CC2(CCOCC2)Oc2ccc(Cl)cc2C1=O. The summed E-state index contributed by atoms with van der Waals surface area (Å²) in [7, 11) is 0. The molecule has 0 bridgehead atoms. The Morgan fingerprint density at radius 3 is 2.81 bits per heavy atom. The van der Waals surface area contributed by atoms with Crippen LogP contribution in [0, 0.1) is 0 Å². The van der Waals surface area contributed by atoms with Crippen molar-refractivity contribution in [3.05, 3.63) is 28.8 Å². The Balaban J connectivity index is 1.89. The zero-order chi connectivity index (χ0) is 18.7. The van der Waals surface area contributed by atoms with Crippen LogP contribution >= 0.6 is 11.6 Å². The number of hydrogen-bond acceptors (Lipinski definition) is 4. The Morgan fingerprint density at radius 1 is 1.38 bits per heavy atom. The summed E-state index contributed by atoms with van der Waals surface area (Å²) in [5.74, 6) is 0.122. The predicted molar refractivity (Wildman–Crippen MR) is 98.7 cm³/mol. The topological polar surface area (TPSA) is 67.9 Å². The first-order chi connectivity index (χ1) is 12.4. The highest BCUT2D eigenvalue weighted by molar-refractivity contribution is 6.31. The molecule has 1 unspecified atom stereocenters. The van der Waals surface area contributed by atoms with Gasteiger partial charge in [0.25, 0.3) is 5.91 Å². The van der Waals surface area contributed by atoms with Gasteiger partial charge in [-0.05, 0) is 31.5 Å². The Kier molecular flexibility index (Phi) is 5.73. The number of halogens is 1. The minimum absolute atomic E-state index is 0.00109. The lowest BCUT2D eigenvalue weighted by Crippen LogP contribution is -2.53. The maximum absolute atomic E-state index is 13.1. The van der Waals surface area contributed by atoms with Crippen molar-refractivity contribution in [3.63, 3.8) is 0 Å². The van der Waals surface area contributed by atoms with Gasteiger partial charge in [-0.3, -0.25) is 9.59 Å². The van der Waals surface area contributed by atoms with Crippen LogP contribution in [0.15, 0.2) is 18.2 Å². The standard InChI is InChI=1S/C19H25ClN2O4/c1-3-13(2)21-17(23)11-22-12-19(6-8-25-9-7-19)26-16-5-4-14(20)10-15(16)18(22)24/h4-5,10,13H,3,6-9,11-12H2,1-2H3,(H,21,23). The molecule has 1 aromatic carbocycles. The van der Waals surface area contributed by atoms with Crippen molar-refractivity contribution in [2.45, 2.75) is 44.8 Å². The number of carbonyl (C=O) groups is 2. The third-order valence-corrected chi connectivity index (χ3v) is 5.26. The molecule has 1 aromatic rings. The Hall–Kier alpha value is -1.79. The summed E-state index contributed by atoms with van der Waals surface area (Å²) < 4.78 is 11.8. The van der Waals surface area contributed by atoms with Gasteiger partial charge in [0.2, 0.25) is 5.91 Å². The van der Waals surface area contributed by atoms with Crippen molar-refractivity contribution >= 4 is 23.4 Å². The van der Waals surface area contributed by atoms with Gasteiger partial charge in [0.15, 0.2) is 0 Å². The van der Waals surface area contributed by atoms with Crippen molar-refractivity contribution in [2.24, 2.45) is 0 Å². The molecular formula is C19H25ClN2O4. The first kappa shape index (κ1) is 19.0. The van der Waals surface area contributed by atoms with Gasteiger partial charge in [-0.2, -0.15) is 0 Å². The lowest BCUT2D eigenvalue weighted by molar-refractivity contribution is -0.123. The predicted octanol–water partition coefficient (Wildman–Crippen LogP) is 2.64. The van der Waals surface area contributed by atoms with Crippen molar-refractivity contribution in [1.82, 2.24) is 10.2 Å². The molecule has 142 valence electrons. The van der Waals surface area contributed by atoms with Gasteiger partial charge in [0, 0.05) is 23.9 Å². The number of ether oxygens (including phenoxy) is 2. The normalized spacial score (nSPS) is 20.1. The third-order valence-electron chi connectivity index (χ3n) is 5.02. The van der Waals surface area contributed by atoms with Crippen LogP contribution in [0.1, 0.15) is 43.5 Å². The maximum Gasteiger partial charge on any atom is 0.258 e. The molecule has 26 heavy (non-hydrogen) atoms. The molecule has 0 aliphatic carbocycles. The van der Waals surface area contributed by atoms with Crippen LogP contribution in [0.5, 0.6) is 5.75 Å². The molecule has 0 radical (unpaired) electrons. The molecule has 2 aliphatic heterocycles. The fraction of sp³-hybridized carbons (Fsp3) is 0.579. The van der Waals surface area contributed by atoms with Crippen molar-refractivity contribution in [1.29, 1.82) is 0 Å². The van der Waals surface area contributed by atoms with Crippen LogP contribution in [0.25, 0.3) is 0 Å². The van der Waals surface area contributed by atoms with Crippen molar-refractivity contribution in [3.8, 4) is 5.75 Å². The highest BCUT2D eigenvalue weighted by atomic mass is 35.5. The minimum Gasteiger partial charge on any atom is -0.484 e. The molecule has 2 aliphatic rings. The summed E-state index contributed by atoms with van der Waals surface area (Å²) >= 11 is 6.09. The van der Waals surface area contributed by atoms with E-state index in [0.717, 1.165) is 6.42 Å². The molecule has 0 aromatic heterocycles. The molecule has 0 saturated carbocycles. The van der Waals surface area contributed by atoms with E-state index in [0.29, 0.717) is 48.9 Å². The number of amides is 2. The van der Waals surface area contributed by atoms with Crippen LogP contribution in [-0.4, -0.2) is 54.7 Å². The highest BCUT2D eigenvalue weighted by Gasteiger charge is 2.42. The van der Waals surface area contributed by atoms with E-state index in [2.05, 4.69) is 5.32 Å². The minimum atomic E-state index is -0.538. The Morgan fingerprint density at radius 2 is 2.12 bits per heavy atom. The number of carbonyl (C=O) groups excluding carboxylic acids is 2. The van der Waals surface area contributed by atoms with Crippen molar-refractivity contribution < 1.29 is 19.1 Å². The van der Waals surface area contributed by atoms with Crippen LogP contribution in [0.4, 0.5) is 0 Å². The maximum atomic E-state index is 13.1.